The predicted octanol–water partition coefficient (Wildman–Crippen LogP) is 0.605. The number of hydrogen-bond donors (Lipinski definition) is 2. The molecular weight excluding hydrogens is 204 g/mol. The van der Waals surface area contributed by atoms with Crippen LogP contribution >= 0.6 is 0 Å². The summed E-state index contributed by atoms with van der Waals surface area (Å²) in [5.74, 6) is 0.589. The van der Waals surface area contributed by atoms with Crippen LogP contribution in [0.3, 0.4) is 0 Å². The molecule has 4 nitrogen and oxygen atoms in total. The van der Waals surface area contributed by atoms with Crippen LogP contribution in [0.4, 0.5) is 0 Å². The summed E-state index contributed by atoms with van der Waals surface area (Å²) in [6, 6.07) is 0. The second kappa shape index (κ2) is 5.64. The lowest BCUT2D eigenvalue weighted by Gasteiger charge is -2.35. The maximum absolute atomic E-state index is 12.0. The molecule has 94 valence electrons. The highest BCUT2D eigenvalue weighted by Gasteiger charge is 2.28. The third-order valence-electron chi connectivity index (χ3n) is 3.53. The first-order chi connectivity index (χ1) is 7.47. The summed E-state index contributed by atoms with van der Waals surface area (Å²) in [7, 11) is 1.77. The number of likely N-dealkylation sites (N-methyl/N-ethyl adjacent to an activating group) is 1. The van der Waals surface area contributed by atoms with Crippen molar-refractivity contribution in [3.63, 3.8) is 0 Å². The van der Waals surface area contributed by atoms with Crippen molar-refractivity contribution in [3.05, 3.63) is 0 Å². The van der Waals surface area contributed by atoms with Gasteiger partial charge in [-0.3, -0.25) is 4.79 Å². The Balaban J connectivity index is 2.44. The molecule has 1 amide bonds. The Morgan fingerprint density at radius 2 is 2.25 bits per heavy atom. The Morgan fingerprint density at radius 3 is 2.75 bits per heavy atom. The highest BCUT2D eigenvalue weighted by Crippen LogP contribution is 2.18. The van der Waals surface area contributed by atoms with Crippen molar-refractivity contribution in [2.75, 3.05) is 26.7 Å². The molecule has 0 spiro atoms. The monoisotopic (exact) mass is 228 g/mol. The van der Waals surface area contributed by atoms with E-state index in [0.717, 1.165) is 25.9 Å². The van der Waals surface area contributed by atoms with Crippen molar-refractivity contribution in [2.45, 2.75) is 38.6 Å². The molecule has 1 aliphatic rings. The van der Waals surface area contributed by atoms with Crippen LogP contribution in [0.5, 0.6) is 0 Å². The van der Waals surface area contributed by atoms with Gasteiger partial charge in [0.2, 0.25) is 5.91 Å². The van der Waals surface area contributed by atoms with Crippen LogP contribution in [-0.2, 0) is 4.79 Å². The highest BCUT2D eigenvalue weighted by atomic mass is 16.3. The molecule has 0 aliphatic carbocycles. The van der Waals surface area contributed by atoms with E-state index >= 15 is 0 Å². The van der Waals surface area contributed by atoms with Crippen LogP contribution in [0.2, 0.25) is 0 Å². The van der Waals surface area contributed by atoms with Gasteiger partial charge in [-0.15, -0.1) is 0 Å². The predicted molar refractivity (Wildman–Crippen MR) is 64.1 cm³/mol. The number of aliphatic hydroxyl groups is 1. The molecular formula is C12H24N2O2. The van der Waals surface area contributed by atoms with Gasteiger partial charge in [0.25, 0.3) is 0 Å². The molecule has 2 N–H and O–H groups in total. The number of piperidine rings is 1. The normalized spacial score (nSPS) is 21.9. The third kappa shape index (κ3) is 3.46. The van der Waals surface area contributed by atoms with Crippen LogP contribution in [0.1, 0.15) is 33.1 Å². The lowest BCUT2D eigenvalue weighted by Crippen LogP contribution is -2.48. The van der Waals surface area contributed by atoms with E-state index in [-0.39, 0.29) is 12.5 Å². The van der Waals surface area contributed by atoms with Gasteiger partial charge in [0.1, 0.15) is 0 Å². The van der Waals surface area contributed by atoms with Gasteiger partial charge in [0.05, 0.1) is 12.1 Å². The average Bonchev–Trinajstić information content (AvgIpc) is 2.29. The first-order valence-electron chi connectivity index (χ1n) is 6.05. The van der Waals surface area contributed by atoms with Crippen molar-refractivity contribution in [1.82, 2.24) is 10.2 Å². The summed E-state index contributed by atoms with van der Waals surface area (Å²) in [5, 5.41) is 12.5. The summed E-state index contributed by atoms with van der Waals surface area (Å²) < 4.78 is 0. The maximum atomic E-state index is 12.0. The summed E-state index contributed by atoms with van der Waals surface area (Å²) in [6.07, 6.45) is 2.88. The summed E-state index contributed by atoms with van der Waals surface area (Å²) >= 11 is 0. The smallest absolute Gasteiger partial charge is 0.223 e. The molecule has 1 unspecified atom stereocenters. The van der Waals surface area contributed by atoms with Crippen molar-refractivity contribution >= 4 is 5.91 Å². The molecule has 1 atom stereocenters. The Hall–Kier alpha value is -0.610. The Bertz CT molecular complexity index is 235. The van der Waals surface area contributed by atoms with Crippen LogP contribution in [0, 0.1) is 5.92 Å². The van der Waals surface area contributed by atoms with E-state index in [9.17, 15) is 9.90 Å². The lowest BCUT2D eigenvalue weighted by molar-refractivity contribution is -0.137. The van der Waals surface area contributed by atoms with Gasteiger partial charge in [-0.25, -0.2) is 0 Å². The van der Waals surface area contributed by atoms with Crippen LogP contribution in [0.15, 0.2) is 0 Å². The van der Waals surface area contributed by atoms with Crippen molar-refractivity contribution in [3.8, 4) is 0 Å². The van der Waals surface area contributed by atoms with Crippen LogP contribution in [-0.4, -0.2) is 48.2 Å². The third-order valence-corrected chi connectivity index (χ3v) is 3.53. The molecule has 0 bridgehead atoms. The van der Waals surface area contributed by atoms with E-state index in [1.807, 2.05) is 13.8 Å². The molecule has 1 heterocycles. The molecule has 4 heteroatoms. The fourth-order valence-electron chi connectivity index (χ4n) is 1.93. The zero-order valence-electron chi connectivity index (χ0n) is 10.6. The summed E-state index contributed by atoms with van der Waals surface area (Å²) in [5.41, 5.74) is -0.459. The molecule has 0 radical (unpaired) electrons. The van der Waals surface area contributed by atoms with Gasteiger partial charge in [0, 0.05) is 13.5 Å². The van der Waals surface area contributed by atoms with Gasteiger partial charge in [0.15, 0.2) is 0 Å². The Kier molecular flexibility index (Phi) is 4.74. The van der Waals surface area contributed by atoms with E-state index in [2.05, 4.69) is 5.32 Å². The molecule has 1 rings (SSSR count). The zero-order chi connectivity index (χ0) is 12.2. The lowest BCUT2D eigenvalue weighted by atomic mass is 9.94. The minimum atomic E-state index is -0.459. The SMILES string of the molecule is CN(C(=O)CC1CCCNC1)C(C)(C)CO. The summed E-state index contributed by atoms with van der Waals surface area (Å²) in [4.78, 5) is 13.7. The average molecular weight is 228 g/mol. The molecule has 0 aromatic heterocycles. The summed E-state index contributed by atoms with van der Waals surface area (Å²) in [6.45, 7) is 5.77. The highest BCUT2D eigenvalue weighted by molar-refractivity contribution is 5.77. The number of carbonyl (C=O) groups excluding carboxylic acids is 1. The van der Waals surface area contributed by atoms with Gasteiger partial charge >= 0.3 is 0 Å². The topological polar surface area (TPSA) is 52.6 Å². The first-order valence-corrected chi connectivity index (χ1v) is 6.05. The molecule has 0 aromatic carbocycles. The number of rotatable bonds is 4. The van der Waals surface area contributed by atoms with Crippen LogP contribution < -0.4 is 5.32 Å². The Labute approximate surface area is 98.0 Å². The number of carbonyl (C=O) groups is 1. The first kappa shape index (κ1) is 13.5. The van der Waals surface area contributed by atoms with Crippen molar-refractivity contribution in [2.24, 2.45) is 5.92 Å². The number of amides is 1. The van der Waals surface area contributed by atoms with Crippen LogP contribution in [0.25, 0.3) is 0 Å². The Morgan fingerprint density at radius 1 is 1.56 bits per heavy atom. The number of aliphatic hydroxyl groups excluding tert-OH is 1. The molecule has 1 aliphatic heterocycles. The van der Waals surface area contributed by atoms with Gasteiger partial charge in [-0.2, -0.15) is 0 Å². The second-order valence-electron chi connectivity index (χ2n) is 5.34. The quantitative estimate of drug-likeness (QED) is 0.741. The molecule has 0 aromatic rings. The second-order valence-corrected chi connectivity index (χ2v) is 5.34. The van der Waals surface area contributed by atoms with Gasteiger partial charge in [-0.05, 0) is 45.7 Å². The fraction of sp³-hybridized carbons (Fsp3) is 0.917. The zero-order valence-corrected chi connectivity index (χ0v) is 10.6. The van der Waals surface area contributed by atoms with E-state index in [1.165, 1.54) is 0 Å². The van der Waals surface area contributed by atoms with Gasteiger partial charge in [-0.1, -0.05) is 0 Å². The van der Waals surface area contributed by atoms with Gasteiger partial charge < -0.3 is 15.3 Å². The standard InChI is InChI=1S/C12H24N2O2/c1-12(2,9-15)14(3)11(16)7-10-5-4-6-13-8-10/h10,13,15H,4-9H2,1-3H3. The molecule has 0 saturated carbocycles. The van der Waals surface area contributed by atoms with Crippen molar-refractivity contribution < 1.29 is 9.90 Å². The minimum absolute atomic E-state index is 0.00183. The fourth-order valence-corrected chi connectivity index (χ4v) is 1.93. The maximum Gasteiger partial charge on any atom is 0.223 e. The molecule has 16 heavy (non-hydrogen) atoms. The number of nitrogens with zero attached hydrogens (tertiary/aromatic N) is 1. The van der Waals surface area contributed by atoms with E-state index < -0.39 is 5.54 Å². The molecule has 1 saturated heterocycles. The van der Waals surface area contributed by atoms with Crippen molar-refractivity contribution in [1.29, 1.82) is 0 Å². The number of nitrogens with one attached hydrogen (secondary N) is 1. The largest absolute Gasteiger partial charge is 0.394 e. The van der Waals surface area contributed by atoms with E-state index in [0.29, 0.717) is 12.3 Å². The van der Waals surface area contributed by atoms with E-state index in [1.54, 1.807) is 11.9 Å². The number of hydrogen-bond acceptors (Lipinski definition) is 3. The molecule has 1 fully saturated rings. The minimum Gasteiger partial charge on any atom is -0.394 e. The van der Waals surface area contributed by atoms with E-state index in [4.69, 9.17) is 0 Å².